The number of amides is 1. The van der Waals surface area contributed by atoms with Gasteiger partial charge < -0.3 is 15.5 Å². The molecule has 1 unspecified atom stereocenters. The summed E-state index contributed by atoms with van der Waals surface area (Å²) in [6.45, 7) is 13.8. The summed E-state index contributed by atoms with van der Waals surface area (Å²) >= 11 is 6.50. The van der Waals surface area contributed by atoms with Crippen LogP contribution in [-0.2, 0) is 4.79 Å². The molecule has 0 aliphatic carbocycles. The summed E-state index contributed by atoms with van der Waals surface area (Å²) in [5.74, 6) is 0.959. The highest BCUT2D eigenvalue weighted by Crippen LogP contribution is 2.26. The van der Waals surface area contributed by atoms with Crippen LogP contribution in [0, 0.1) is 0 Å². The van der Waals surface area contributed by atoms with Gasteiger partial charge in [0.2, 0.25) is 5.91 Å². The first-order chi connectivity index (χ1) is 14.5. The maximum absolute atomic E-state index is 11.4. The van der Waals surface area contributed by atoms with E-state index in [4.69, 9.17) is 11.6 Å². The molecule has 1 atom stereocenters. The minimum Gasteiger partial charge on any atom is -0.355 e. The molecule has 1 saturated heterocycles. The predicted molar refractivity (Wildman–Crippen MR) is 141 cm³/mol. The van der Waals surface area contributed by atoms with Gasteiger partial charge in [-0.1, -0.05) is 43.6 Å². The van der Waals surface area contributed by atoms with Gasteiger partial charge in [-0.05, 0) is 24.7 Å². The molecule has 1 fully saturated rings. The number of nitrogens with one attached hydrogen (secondary N) is 2. The standard InChI is InChI=1S/C22H37ClN6O.HI/c1-5-28(6-2)21(19-9-7-8-10-20(19)23)17-26-22(24-4)25-11-12-27-13-15-29(16-14-27)18(3)30;/h7-10,21H,5-6,11-17H2,1-4H3,(H2,24,25,26);1H. The molecule has 1 amide bonds. The van der Waals surface area contributed by atoms with Crippen molar-refractivity contribution in [2.24, 2.45) is 4.99 Å². The van der Waals surface area contributed by atoms with Gasteiger partial charge in [0, 0.05) is 64.8 Å². The summed E-state index contributed by atoms with van der Waals surface area (Å²) in [5.41, 5.74) is 1.13. The van der Waals surface area contributed by atoms with Crippen LogP contribution in [0.2, 0.25) is 5.02 Å². The van der Waals surface area contributed by atoms with E-state index in [9.17, 15) is 4.79 Å². The number of piperazine rings is 1. The molecule has 9 heteroatoms. The lowest BCUT2D eigenvalue weighted by Crippen LogP contribution is -2.50. The number of carbonyl (C=O) groups excluding carboxylic acids is 1. The number of aliphatic imine (C=N–C) groups is 1. The molecule has 2 N–H and O–H groups in total. The number of benzene rings is 1. The number of halogens is 2. The van der Waals surface area contributed by atoms with E-state index in [1.807, 2.05) is 23.1 Å². The molecule has 0 saturated carbocycles. The van der Waals surface area contributed by atoms with Crippen molar-refractivity contribution in [3.05, 3.63) is 34.9 Å². The zero-order valence-electron chi connectivity index (χ0n) is 19.2. The third-order valence-electron chi connectivity index (χ3n) is 5.74. The van der Waals surface area contributed by atoms with Crippen LogP contribution in [0.5, 0.6) is 0 Å². The lowest BCUT2D eigenvalue weighted by Gasteiger charge is -2.34. The van der Waals surface area contributed by atoms with E-state index in [1.165, 1.54) is 0 Å². The Morgan fingerprint density at radius 1 is 1.16 bits per heavy atom. The second-order valence-electron chi connectivity index (χ2n) is 7.49. The van der Waals surface area contributed by atoms with Crippen LogP contribution >= 0.6 is 35.6 Å². The SMILES string of the molecule is CCN(CC)C(CNC(=NC)NCCN1CCN(C(C)=O)CC1)c1ccccc1Cl.I. The van der Waals surface area contributed by atoms with E-state index in [0.29, 0.717) is 0 Å². The van der Waals surface area contributed by atoms with Crippen LogP contribution < -0.4 is 10.6 Å². The molecule has 1 heterocycles. The monoisotopic (exact) mass is 564 g/mol. The van der Waals surface area contributed by atoms with E-state index in [2.05, 4.69) is 45.3 Å². The fourth-order valence-corrected chi connectivity index (χ4v) is 4.14. The Morgan fingerprint density at radius 2 is 1.81 bits per heavy atom. The van der Waals surface area contributed by atoms with Crippen LogP contribution in [0.3, 0.4) is 0 Å². The van der Waals surface area contributed by atoms with E-state index >= 15 is 0 Å². The van der Waals surface area contributed by atoms with Crippen LogP contribution in [0.15, 0.2) is 29.3 Å². The van der Waals surface area contributed by atoms with Crippen molar-refractivity contribution in [1.82, 2.24) is 25.3 Å². The maximum Gasteiger partial charge on any atom is 0.219 e. The van der Waals surface area contributed by atoms with E-state index in [-0.39, 0.29) is 35.9 Å². The largest absolute Gasteiger partial charge is 0.355 e. The molecule has 1 aliphatic rings. The normalized spacial score (nSPS) is 16.1. The minimum absolute atomic E-state index is 0. The molecule has 0 radical (unpaired) electrons. The first kappa shape index (κ1) is 27.9. The van der Waals surface area contributed by atoms with Crippen molar-refractivity contribution in [2.75, 3.05) is 66.0 Å². The van der Waals surface area contributed by atoms with Gasteiger partial charge in [-0.2, -0.15) is 0 Å². The van der Waals surface area contributed by atoms with Gasteiger partial charge in [-0.25, -0.2) is 0 Å². The van der Waals surface area contributed by atoms with Crippen LogP contribution in [0.4, 0.5) is 0 Å². The van der Waals surface area contributed by atoms with Gasteiger partial charge >= 0.3 is 0 Å². The number of guanidine groups is 1. The highest BCUT2D eigenvalue weighted by atomic mass is 127. The molecule has 1 aromatic carbocycles. The first-order valence-corrected chi connectivity index (χ1v) is 11.3. The van der Waals surface area contributed by atoms with Crippen LogP contribution in [0.1, 0.15) is 32.4 Å². The molecule has 1 aliphatic heterocycles. The molecule has 176 valence electrons. The van der Waals surface area contributed by atoms with E-state index in [0.717, 1.165) is 75.4 Å². The Labute approximate surface area is 209 Å². The number of rotatable bonds is 9. The Morgan fingerprint density at radius 3 is 2.35 bits per heavy atom. The molecular weight excluding hydrogens is 527 g/mol. The Balaban J connectivity index is 0.00000480. The molecule has 0 spiro atoms. The molecule has 0 aromatic heterocycles. The van der Waals surface area contributed by atoms with Crippen molar-refractivity contribution in [2.45, 2.75) is 26.8 Å². The van der Waals surface area contributed by atoms with Gasteiger partial charge in [0.1, 0.15) is 0 Å². The number of likely N-dealkylation sites (N-methyl/N-ethyl adjacent to an activating group) is 1. The number of hydrogen-bond donors (Lipinski definition) is 2. The topological polar surface area (TPSA) is 63.2 Å². The van der Waals surface area contributed by atoms with E-state index < -0.39 is 0 Å². The zero-order valence-corrected chi connectivity index (χ0v) is 22.3. The quantitative estimate of drug-likeness (QED) is 0.274. The highest BCUT2D eigenvalue weighted by molar-refractivity contribution is 14.0. The lowest BCUT2D eigenvalue weighted by atomic mass is 10.0. The summed E-state index contributed by atoms with van der Waals surface area (Å²) in [6.07, 6.45) is 0. The van der Waals surface area contributed by atoms with Gasteiger partial charge in [-0.3, -0.25) is 19.6 Å². The molecule has 2 rings (SSSR count). The van der Waals surface area contributed by atoms with Crippen molar-refractivity contribution < 1.29 is 4.79 Å². The molecule has 1 aromatic rings. The maximum atomic E-state index is 11.4. The summed E-state index contributed by atoms with van der Waals surface area (Å²) in [5, 5.41) is 7.68. The third kappa shape index (κ3) is 8.75. The average molecular weight is 565 g/mol. The molecule has 0 bridgehead atoms. The van der Waals surface area contributed by atoms with E-state index in [1.54, 1.807) is 14.0 Å². The highest BCUT2D eigenvalue weighted by Gasteiger charge is 2.21. The average Bonchev–Trinajstić information content (AvgIpc) is 2.76. The Hall–Kier alpha value is -1.10. The fraction of sp³-hybridized carbons (Fsp3) is 0.636. The smallest absolute Gasteiger partial charge is 0.219 e. The fourth-order valence-electron chi connectivity index (χ4n) is 3.88. The van der Waals surface area contributed by atoms with Crippen LogP contribution in [-0.4, -0.2) is 92.5 Å². The molecule has 7 nitrogen and oxygen atoms in total. The molecular formula is C22H38ClIN6O. The predicted octanol–water partition coefficient (Wildman–Crippen LogP) is 2.67. The first-order valence-electron chi connectivity index (χ1n) is 10.9. The third-order valence-corrected chi connectivity index (χ3v) is 6.09. The Bertz CT molecular complexity index is 692. The Kier molecular flexibility index (Phi) is 13.4. The summed E-state index contributed by atoms with van der Waals surface area (Å²) in [7, 11) is 1.79. The van der Waals surface area contributed by atoms with Gasteiger partial charge in [-0.15, -0.1) is 24.0 Å². The van der Waals surface area contributed by atoms with Gasteiger partial charge in [0.05, 0.1) is 6.04 Å². The van der Waals surface area contributed by atoms with Crippen molar-refractivity contribution in [3.8, 4) is 0 Å². The minimum atomic E-state index is 0. The van der Waals surface area contributed by atoms with Crippen molar-refractivity contribution in [3.63, 3.8) is 0 Å². The summed E-state index contributed by atoms with van der Waals surface area (Å²) < 4.78 is 0. The number of nitrogens with zero attached hydrogens (tertiary/aromatic N) is 4. The van der Waals surface area contributed by atoms with Crippen molar-refractivity contribution >= 4 is 47.4 Å². The molecule has 31 heavy (non-hydrogen) atoms. The summed E-state index contributed by atoms with van der Waals surface area (Å²) in [4.78, 5) is 22.5. The second-order valence-corrected chi connectivity index (χ2v) is 7.89. The van der Waals surface area contributed by atoms with Gasteiger partial charge in [0.25, 0.3) is 0 Å². The zero-order chi connectivity index (χ0) is 21.9. The van der Waals surface area contributed by atoms with Gasteiger partial charge in [0.15, 0.2) is 5.96 Å². The van der Waals surface area contributed by atoms with Crippen molar-refractivity contribution in [1.29, 1.82) is 0 Å². The lowest BCUT2D eigenvalue weighted by molar-refractivity contribution is -0.130. The van der Waals surface area contributed by atoms with Crippen LogP contribution in [0.25, 0.3) is 0 Å². The second kappa shape index (κ2) is 14.9. The number of hydrogen-bond acceptors (Lipinski definition) is 4. The number of carbonyl (C=O) groups is 1. The summed E-state index contributed by atoms with van der Waals surface area (Å²) in [6, 6.07) is 8.23.